The number of nitrogens with zero attached hydrogens (tertiary/aromatic N) is 3. The van der Waals surface area contributed by atoms with Crippen LogP contribution in [0.4, 0.5) is 39.4 Å². The van der Waals surface area contributed by atoms with E-state index in [1.807, 2.05) is 4.90 Å². The normalized spacial score (nSPS) is 15.5. The van der Waals surface area contributed by atoms with Crippen molar-refractivity contribution in [3.05, 3.63) is 89.2 Å². The first-order chi connectivity index (χ1) is 20.1. The molecule has 2 aliphatic rings. The lowest BCUT2D eigenvalue weighted by Gasteiger charge is -2.37. The van der Waals surface area contributed by atoms with E-state index in [0.29, 0.717) is 43.1 Å². The second-order valence-electron chi connectivity index (χ2n) is 10.1. The minimum Gasteiger partial charge on any atom is -0.367 e. The highest BCUT2D eigenvalue weighted by Gasteiger charge is 2.31. The molecule has 0 radical (unpaired) electrons. The number of carbonyl (C=O) groups is 3. The number of amides is 4. The molecular weight excluding hydrogens is 554 g/mol. The van der Waals surface area contributed by atoms with Crippen molar-refractivity contribution in [2.75, 3.05) is 54.8 Å². The first-order valence-corrected chi connectivity index (χ1v) is 13.6. The zero-order chi connectivity index (χ0) is 29.9. The molecule has 220 valence electrons. The Hall–Kier alpha value is -4.61. The van der Waals surface area contributed by atoms with Gasteiger partial charge in [-0.3, -0.25) is 9.59 Å². The van der Waals surface area contributed by atoms with E-state index in [9.17, 15) is 31.9 Å². The highest BCUT2D eigenvalue weighted by Crippen LogP contribution is 2.31. The van der Waals surface area contributed by atoms with Crippen molar-refractivity contribution >= 4 is 34.9 Å². The van der Waals surface area contributed by atoms with Gasteiger partial charge in [0.2, 0.25) is 0 Å². The van der Waals surface area contributed by atoms with E-state index >= 15 is 0 Å². The van der Waals surface area contributed by atoms with E-state index in [-0.39, 0.29) is 30.2 Å². The van der Waals surface area contributed by atoms with Crippen LogP contribution in [-0.4, -0.2) is 66.9 Å². The van der Waals surface area contributed by atoms with Crippen molar-refractivity contribution in [3.63, 3.8) is 0 Å². The van der Waals surface area contributed by atoms with Crippen LogP contribution in [0.3, 0.4) is 0 Å². The summed E-state index contributed by atoms with van der Waals surface area (Å²) in [5, 5.41) is 5.20. The summed E-state index contributed by atoms with van der Waals surface area (Å²) in [6.45, 7) is 2.53. The molecule has 0 unspecified atom stereocenters. The summed E-state index contributed by atoms with van der Waals surface area (Å²) in [5.74, 6) is -1.48. The Bertz CT molecular complexity index is 1480. The van der Waals surface area contributed by atoms with Crippen LogP contribution in [0, 0.1) is 5.82 Å². The SMILES string of the molecule is O=C(Nc1ccc(N2CCN(C(=O)Nc3cccc(C(F)(F)F)c3)CC2)c(C(=O)N2CCCC2)c1)c1ccccc1F. The lowest BCUT2D eigenvalue weighted by Crippen LogP contribution is -2.50. The number of carbonyl (C=O) groups excluding carboxylic acids is 3. The van der Waals surface area contributed by atoms with Crippen LogP contribution in [0.25, 0.3) is 0 Å². The van der Waals surface area contributed by atoms with Crippen molar-refractivity contribution < 1.29 is 31.9 Å². The van der Waals surface area contributed by atoms with Gasteiger partial charge in [-0.25, -0.2) is 9.18 Å². The van der Waals surface area contributed by atoms with Gasteiger partial charge in [0.25, 0.3) is 11.8 Å². The molecule has 2 aliphatic heterocycles. The fourth-order valence-electron chi connectivity index (χ4n) is 5.12. The van der Waals surface area contributed by atoms with Crippen molar-refractivity contribution in [1.29, 1.82) is 0 Å². The first-order valence-electron chi connectivity index (χ1n) is 13.6. The molecule has 2 heterocycles. The molecule has 42 heavy (non-hydrogen) atoms. The maximum atomic E-state index is 14.1. The average molecular weight is 584 g/mol. The van der Waals surface area contributed by atoms with E-state index in [4.69, 9.17) is 0 Å². The van der Waals surface area contributed by atoms with Crippen LogP contribution in [0.15, 0.2) is 66.7 Å². The Labute approximate surface area is 239 Å². The topological polar surface area (TPSA) is 85.0 Å². The molecule has 3 aromatic rings. The molecule has 2 fully saturated rings. The molecule has 2 saturated heterocycles. The van der Waals surface area contributed by atoms with Crippen LogP contribution in [0.5, 0.6) is 0 Å². The fraction of sp³-hybridized carbons (Fsp3) is 0.300. The van der Waals surface area contributed by atoms with E-state index in [1.165, 1.54) is 35.2 Å². The third-order valence-electron chi connectivity index (χ3n) is 7.35. The molecule has 12 heteroatoms. The molecule has 0 aliphatic carbocycles. The lowest BCUT2D eigenvalue weighted by molar-refractivity contribution is -0.137. The number of likely N-dealkylation sites (tertiary alicyclic amines) is 1. The molecule has 2 N–H and O–H groups in total. The summed E-state index contributed by atoms with van der Waals surface area (Å²) in [4.78, 5) is 44.2. The molecule has 5 rings (SSSR count). The predicted octanol–water partition coefficient (Wildman–Crippen LogP) is 5.69. The Kier molecular flexibility index (Phi) is 8.32. The van der Waals surface area contributed by atoms with Crippen molar-refractivity contribution in [2.24, 2.45) is 0 Å². The molecule has 4 amide bonds. The molecule has 0 bridgehead atoms. The number of anilines is 3. The summed E-state index contributed by atoms with van der Waals surface area (Å²) in [6, 6.07) is 14.5. The van der Waals surface area contributed by atoms with Gasteiger partial charge in [-0.15, -0.1) is 0 Å². The average Bonchev–Trinajstić information content (AvgIpc) is 3.52. The molecule has 3 aromatic carbocycles. The van der Waals surface area contributed by atoms with Gasteiger partial charge in [-0.05, 0) is 61.4 Å². The van der Waals surface area contributed by atoms with Gasteiger partial charge in [0.1, 0.15) is 5.82 Å². The lowest BCUT2D eigenvalue weighted by atomic mass is 10.1. The largest absolute Gasteiger partial charge is 0.416 e. The van der Waals surface area contributed by atoms with Crippen molar-refractivity contribution in [1.82, 2.24) is 9.80 Å². The van der Waals surface area contributed by atoms with Crippen LogP contribution in [0.2, 0.25) is 0 Å². The number of alkyl halides is 3. The molecule has 8 nitrogen and oxygen atoms in total. The minimum absolute atomic E-state index is 0.0452. The number of piperazine rings is 1. The summed E-state index contributed by atoms with van der Waals surface area (Å²) in [5.41, 5.74) is 0.429. The Morgan fingerprint density at radius 3 is 2.07 bits per heavy atom. The maximum Gasteiger partial charge on any atom is 0.416 e. The molecular formula is C30H29F4N5O3. The maximum absolute atomic E-state index is 14.1. The van der Waals surface area contributed by atoms with Gasteiger partial charge in [0.15, 0.2) is 0 Å². The molecule has 0 spiro atoms. The number of halogens is 4. The van der Waals surface area contributed by atoms with Gasteiger partial charge in [-0.2, -0.15) is 13.2 Å². The summed E-state index contributed by atoms with van der Waals surface area (Å²) in [7, 11) is 0. The summed E-state index contributed by atoms with van der Waals surface area (Å²) < 4.78 is 53.3. The summed E-state index contributed by atoms with van der Waals surface area (Å²) >= 11 is 0. The molecule has 0 atom stereocenters. The third kappa shape index (κ3) is 6.48. The number of benzene rings is 3. The smallest absolute Gasteiger partial charge is 0.367 e. The van der Waals surface area contributed by atoms with Crippen LogP contribution in [0.1, 0.15) is 39.1 Å². The standard InChI is InChI=1S/C30H29F4N5O3/c31-25-9-2-1-8-23(25)27(40)35-22-10-11-26(24(19-22)28(41)38-12-3-4-13-38)37-14-16-39(17-15-37)29(42)36-21-7-5-6-20(18-21)30(32,33)34/h1-2,5-11,18-19H,3-4,12-17H2,(H,35,40)(H,36,42). The van der Waals surface area contributed by atoms with Crippen molar-refractivity contribution in [3.8, 4) is 0 Å². The highest BCUT2D eigenvalue weighted by atomic mass is 19.4. The van der Waals surface area contributed by atoms with E-state index in [1.54, 1.807) is 29.2 Å². The van der Waals surface area contributed by atoms with Gasteiger partial charge >= 0.3 is 12.2 Å². The zero-order valence-corrected chi connectivity index (χ0v) is 22.6. The quantitative estimate of drug-likeness (QED) is 0.378. The van der Waals surface area contributed by atoms with Crippen LogP contribution >= 0.6 is 0 Å². The number of rotatable bonds is 5. The van der Waals surface area contributed by atoms with Gasteiger partial charge in [-0.1, -0.05) is 18.2 Å². The number of nitrogens with one attached hydrogen (secondary N) is 2. The molecule has 0 saturated carbocycles. The van der Waals surface area contributed by atoms with Gasteiger partial charge < -0.3 is 25.3 Å². The second-order valence-corrected chi connectivity index (χ2v) is 10.1. The minimum atomic E-state index is -4.52. The zero-order valence-electron chi connectivity index (χ0n) is 22.6. The van der Waals surface area contributed by atoms with Crippen molar-refractivity contribution in [2.45, 2.75) is 19.0 Å². The number of urea groups is 1. The monoisotopic (exact) mass is 583 g/mol. The Balaban J connectivity index is 1.30. The first kappa shape index (κ1) is 28.9. The van der Waals surface area contributed by atoms with Gasteiger partial charge in [0, 0.05) is 56.3 Å². The van der Waals surface area contributed by atoms with Crippen LogP contribution in [-0.2, 0) is 6.18 Å². The fourth-order valence-corrected chi connectivity index (χ4v) is 5.12. The third-order valence-corrected chi connectivity index (χ3v) is 7.35. The number of hydrogen-bond donors (Lipinski definition) is 2. The number of hydrogen-bond acceptors (Lipinski definition) is 4. The van der Waals surface area contributed by atoms with E-state index in [2.05, 4.69) is 10.6 Å². The Morgan fingerprint density at radius 1 is 0.690 bits per heavy atom. The van der Waals surface area contributed by atoms with E-state index in [0.717, 1.165) is 25.0 Å². The van der Waals surface area contributed by atoms with Gasteiger partial charge in [0.05, 0.1) is 16.7 Å². The Morgan fingerprint density at radius 2 is 1.38 bits per heavy atom. The van der Waals surface area contributed by atoms with Crippen LogP contribution < -0.4 is 15.5 Å². The second kappa shape index (κ2) is 12.1. The highest BCUT2D eigenvalue weighted by molar-refractivity contribution is 6.06. The van der Waals surface area contributed by atoms with E-state index < -0.39 is 29.5 Å². The predicted molar refractivity (Wildman–Crippen MR) is 150 cm³/mol. The summed E-state index contributed by atoms with van der Waals surface area (Å²) in [6.07, 6.45) is -2.73. The molecule has 0 aromatic heterocycles.